The van der Waals surface area contributed by atoms with Crippen molar-refractivity contribution in [3.63, 3.8) is 0 Å². The maximum atomic E-state index is 12.2. The van der Waals surface area contributed by atoms with E-state index in [1.54, 1.807) is 10.7 Å². The number of carbonyl (C=O) groups is 1. The van der Waals surface area contributed by atoms with Gasteiger partial charge in [-0.2, -0.15) is 0 Å². The maximum absolute atomic E-state index is 12.2. The summed E-state index contributed by atoms with van der Waals surface area (Å²) in [5, 5.41) is 4.37. The molecular weight excluding hydrogens is 292 g/mol. The van der Waals surface area contributed by atoms with E-state index in [1.807, 2.05) is 18.3 Å². The van der Waals surface area contributed by atoms with Gasteiger partial charge in [-0.15, -0.1) is 5.10 Å². The molecule has 1 amide bonds. The molecule has 0 unspecified atom stereocenters. The van der Waals surface area contributed by atoms with Gasteiger partial charge in [-0.05, 0) is 37.7 Å². The Balaban J connectivity index is 1.26. The average molecular weight is 314 g/mol. The van der Waals surface area contributed by atoms with Crippen LogP contribution in [-0.2, 0) is 4.79 Å². The van der Waals surface area contributed by atoms with Crippen LogP contribution in [-0.4, -0.2) is 45.1 Å². The SMILES string of the molecule is O=C(C1CCC1)N1CCC(COc2ccc3nccn3n2)CC1. The molecule has 0 N–H and O–H groups in total. The van der Waals surface area contributed by atoms with Crippen molar-refractivity contribution < 1.29 is 9.53 Å². The predicted octanol–water partition coefficient (Wildman–Crippen LogP) is 2.15. The highest BCUT2D eigenvalue weighted by Crippen LogP contribution is 2.30. The zero-order chi connectivity index (χ0) is 15.6. The molecule has 2 aliphatic rings. The number of hydrogen-bond donors (Lipinski definition) is 0. The number of fused-ring (bicyclic) bond motifs is 1. The lowest BCUT2D eigenvalue weighted by Gasteiger charge is -2.36. The van der Waals surface area contributed by atoms with Crippen LogP contribution in [0.25, 0.3) is 5.65 Å². The van der Waals surface area contributed by atoms with E-state index < -0.39 is 0 Å². The summed E-state index contributed by atoms with van der Waals surface area (Å²) in [6.07, 6.45) is 8.97. The third-order valence-corrected chi connectivity index (χ3v) is 5.08. The van der Waals surface area contributed by atoms with Gasteiger partial charge in [-0.3, -0.25) is 4.79 Å². The minimum atomic E-state index is 0.314. The van der Waals surface area contributed by atoms with Crippen LogP contribution in [0.2, 0.25) is 0 Å². The number of aromatic nitrogens is 3. The van der Waals surface area contributed by atoms with Gasteiger partial charge in [-0.25, -0.2) is 9.50 Å². The largest absolute Gasteiger partial charge is 0.476 e. The van der Waals surface area contributed by atoms with Crippen LogP contribution in [0.4, 0.5) is 0 Å². The Kier molecular flexibility index (Phi) is 3.89. The maximum Gasteiger partial charge on any atom is 0.231 e. The quantitative estimate of drug-likeness (QED) is 0.867. The fourth-order valence-electron chi connectivity index (χ4n) is 3.31. The van der Waals surface area contributed by atoms with Crippen molar-refractivity contribution in [3.8, 4) is 5.88 Å². The number of rotatable bonds is 4. The fourth-order valence-corrected chi connectivity index (χ4v) is 3.31. The van der Waals surface area contributed by atoms with Crippen molar-refractivity contribution in [1.82, 2.24) is 19.5 Å². The Morgan fingerprint density at radius 2 is 2.04 bits per heavy atom. The van der Waals surface area contributed by atoms with Gasteiger partial charge in [0.25, 0.3) is 0 Å². The first-order chi connectivity index (χ1) is 11.3. The summed E-state index contributed by atoms with van der Waals surface area (Å²) in [6.45, 7) is 2.41. The molecule has 2 aromatic heterocycles. The lowest BCUT2D eigenvalue weighted by atomic mass is 9.83. The minimum absolute atomic E-state index is 0.314. The van der Waals surface area contributed by atoms with E-state index in [9.17, 15) is 4.79 Å². The zero-order valence-electron chi connectivity index (χ0n) is 13.2. The number of nitrogens with zero attached hydrogens (tertiary/aromatic N) is 4. The average Bonchev–Trinajstić information content (AvgIpc) is 2.99. The van der Waals surface area contributed by atoms with Crippen molar-refractivity contribution in [2.24, 2.45) is 11.8 Å². The van der Waals surface area contributed by atoms with Crippen molar-refractivity contribution in [1.29, 1.82) is 0 Å². The van der Waals surface area contributed by atoms with Gasteiger partial charge in [0.2, 0.25) is 11.8 Å². The van der Waals surface area contributed by atoms with Crippen LogP contribution in [0, 0.1) is 11.8 Å². The van der Waals surface area contributed by atoms with E-state index >= 15 is 0 Å². The number of ether oxygens (including phenoxy) is 1. The molecule has 23 heavy (non-hydrogen) atoms. The smallest absolute Gasteiger partial charge is 0.231 e. The third kappa shape index (κ3) is 3.02. The van der Waals surface area contributed by atoms with Crippen molar-refractivity contribution in [2.75, 3.05) is 19.7 Å². The molecule has 0 aromatic carbocycles. The second kappa shape index (κ2) is 6.18. The lowest BCUT2D eigenvalue weighted by molar-refractivity contribution is -0.139. The Morgan fingerprint density at radius 3 is 2.78 bits per heavy atom. The first-order valence-electron chi connectivity index (χ1n) is 8.51. The predicted molar refractivity (Wildman–Crippen MR) is 85.1 cm³/mol. The molecule has 0 atom stereocenters. The van der Waals surface area contributed by atoms with E-state index in [2.05, 4.69) is 15.0 Å². The zero-order valence-corrected chi connectivity index (χ0v) is 13.2. The van der Waals surface area contributed by atoms with Crippen LogP contribution >= 0.6 is 0 Å². The standard InChI is InChI=1S/C17H22N4O2/c22-17(14-2-1-3-14)20-9-6-13(7-10-20)12-23-16-5-4-15-18-8-11-21(15)19-16/h4-5,8,11,13-14H,1-3,6-7,9-10,12H2. The summed E-state index contributed by atoms with van der Waals surface area (Å²) < 4.78 is 7.55. The molecule has 122 valence electrons. The molecule has 4 rings (SSSR count). The van der Waals surface area contributed by atoms with Crippen molar-refractivity contribution in [2.45, 2.75) is 32.1 Å². The number of hydrogen-bond acceptors (Lipinski definition) is 4. The Hall–Kier alpha value is -2.11. The van der Waals surface area contributed by atoms with E-state index in [4.69, 9.17) is 4.74 Å². The van der Waals surface area contributed by atoms with Crippen molar-refractivity contribution in [3.05, 3.63) is 24.5 Å². The number of carbonyl (C=O) groups excluding carboxylic acids is 1. The van der Waals surface area contributed by atoms with E-state index in [0.717, 1.165) is 44.4 Å². The van der Waals surface area contributed by atoms with Gasteiger partial charge in [0.1, 0.15) is 0 Å². The van der Waals surface area contributed by atoms with E-state index in [-0.39, 0.29) is 0 Å². The van der Waals surface area contributed by atoms with Gasteiger partial charge < -0.3 is 9.64 Å². The third-order valence-electron chi connectivity index (χ3n) is 5.08. The Bertz CT molecular complexity index is 687. The summed E-state index contributed by atoms with van der Waals surface area (Å²) >= 11 is 0. The van der Waals surface area contributed by atoms with Crippen LogP contribution in [0.5, 0.6) is 5.88 Å². The summed E-state index contributed by atoms with van der Waals surface area (Å²) in [7, 11) is 0. The summed E-state index contributed by atoms with van der Waals surface area (Å²) in [6, 6.07) is 3.76. The minimum Gasteiger partial charge on any atom is -0.476 e. The van der Waals surface area contributed by atoms with Gasteiger partial charge in [0.05, 0.1) is 6.61 Å². The van der Waals surface area contributed by atoms with Crippen molar-refractivity contribution >= 4 is 11.6 Å². The van der Waals surface area contributed by atoms with Gasteiger partial charge >= 0.3 is 0 Å². The first-order valence-corrected chi connectivity index (χ1v) is 8.51. The topological polar surface area (TPSA) is 59.7 Å². The van der Waals surface area contributed by atoms with Crippen LogP contribution in [0.1, 0.15) is 32.1 Å². The lowest BCUT2D eigenvalue weighted by Crippen LogP contribution is -2.44. The van der Waals surface area contributed by atoms with Crippen LogP contribution in [0.3, 0.4) is 0 Å². The van der Waals surface area contributed by atoms with Gasteiger partial charge in [0, 0.05) is 37.5 Å². The molecular formula is C17H22N4O2. The highest BCUT2D eigenvalue weighted by atomic mass is 16.5. The summed E-state index contributed by atoms with van der Waals surface area (Å²) in [5.74, 6) is 1.82. The van der Waals surface area contributed by atoms with E-state index in [1.165, 1.54) is 6.42 Å². The molecule has 0 bridgehead atoms. The molecule has 0 spiro atoms. The molecule has 3 heterocycles. The molecule has 0 radical (unpaired) electrons. The number of amides is 1. The van der Waals surface area contributed by atoms with Crippen LogP contribution < -0.4 is 4.74 Å². The highest BCUT2D eigenvalue weighted by Gasteiger charge is 2.31. The molecule has 2 aromatic rings. The number of imidazole rings is 1. The number of likely N-dealkylation sites (tertiary alicyclic amines) is 1. The van der Waals surface area contributed by atoms with E-state index in [0.29, 0.717) is 30.2 Å². The normalized spacial score (nSPS) is 19.7. The molecule has 2 fully saturated rings. The highest BCUT2D eigenvalue weighted by molar-refractivity contribution is 5.79. The summed E-state index contributed by atoms with van der Waals surface area (Å²) in [5.41, 5.74) is 0.820. The summed E-state index contributed by atoms with van der Waals surface area (Å²) in [4.78, 5) is 18.5. The molecule has 1 saturated carbocycles. The second-order valence-corrected chi connectivity index (χ2v) is 6.61. The van der Waals surface area contributed by atoms with Crippen LogP contribution in [0.15, 0.2) is 24.5 Å². The second-order valence-electron chi connectivity index (χ2n) is 6.61. The Morgan fingerprint density at radius 1 is 1.22 bits per heavy atom. The molecule has 1 saturated heterocycles. The number of piperidine rings is 1. The molecule has 1 aliphatic carbocycles. The van der Waals surface area contributed by atoms with Gasteiger partial charge in [0.15, 0.2) is 5.65 Å². The molecule has 6 heteroatoms. The molecule has 6 nitrogen and oxygen atoms in total. The van der Waals surface area contributed by atoms with Gasteiger partial charge in [-0.1, -0.05) is 6.42 Å². The first kappa shape index (κ1) is 14.5. The Labute approximate surface area is 135 Å². The monoisotopic (exact) mass is 314 g/mol. The molecule has 1 aliphatic heterocycles. The fraction of sp³-hybridized carbons (Fsp3) is 0.588.